The highest BCUT2D eigenvalue weighted by molar-refractivity contribution is 6.49. The smallest absolute Gasteiger partial charge is 0.305 e. The third kappa shape index (κ3) is 8.77. The quantitative estimate of drug-likeness (QED) is 0.0685. The van der Waals surface area contributed by atoms with E-state index >= 15 is 0 Å². The maximum absolute atomic E-state index is 14.0. The molecule has 0 amide bonds. The highest BCUT2D eigenvalue weighted by Gasteiger charge is 2.53. The number of carbonyl (C=O) groups is 2. The Morgan fingerprint density at radius 3 is 2.15 bits per heavy atom. The Balaban J connectivity index is 2.60. The molecule has 0 aromatic heterocycles. The first-order chi connectivity index (χ1) is 18.5. The van der Waals surface area contributed by atoms with Crippen molar-refractivity contribution >= 4 is 29.8 Å². The second-order valence-electron chi connectivity index (χ2n) is 14.3. The monoisotopic (exact) mass is 588 g/mol. The molecule has 0 bridgehead atoms. The molecule has 7 heteroatoms. The highest BCUT2D eigenvalue weighted by Crippen LogP contribution is 2.51. The van der Waals surface area contributed by atoms with Crippen LogP contribution in [0.3, 0.4) is 0 Å². The summed E-state index contributed by atoms with van der Waals surface area (Å²) >= 11 is 0. The minimum Gasteiger partial charge on any atom is -0.469 e. The molecule has 4 unspecified atom stereocenters. The van der Waals surface area contributed by atoms with E-state index < -0.39 is 24.2 Å². The zero-order valence-electron chi connectivity index (χ0n) is 27.2. The molecule has 0 N–H and O–H groups in total. The number of ketones is 1. The van der Waals surface area contributed by atoms with E-state index in [-0.39, 0.29) is 40.0 Å². The lowest BCUT2D eigenvalue weighted by molar-refractivity contribution is -0.140. The van der Waals surface area contributed by atoms with Crippen LogP contribution in [0.4, 0.5) is 0 Å². The van der Waals surface area contributed by atoms with Gasteiger partial charge >= 0.3 is 5.97 Å². The lowest BCUT2D eigenvalue weighted by Gasteiger charge is -2.49. The van der Waals surface area contributed by atoms with Gasteiger partial charge in [-0.15, -0.1) is 0 Å². The van der Waals surface area contributed by atoms with E-state index in [2.05, 4.69) is 91.7 Å². The van der Waals surface area contributed by atoms with Gasteiger partial charge in [0, 0.05) is 30.3 Å². The van der Waals surface area contributed by atoms with E-state index in [0.29, 0.717) is 25.2 Å². The van der Waals surface area contributed by atoms with Gasteiger partial charge in [0.1, 0.15) is 6.10 Å². The van der Waals surface area contributed by atoms with Crippen molar-refractivity contribution in [2.45, 2.75) is 124 Å². The van der Waals surface area contributed by atoms with Crippen LogP contribution >= 0.6 is 0 Å². The molecule has 2 fully saturated rings. The van der Waals surface area contributed by atoms with Gasteiger partial charge in [0.2, 0.25) is 0 Å². The minimum atomic E-state index is -1.47. The van der Waals surface area contributed by atoms with Gasteiger partial charge in [-0.1, -0.05) is 78.4 Å². The number of esters is 1. The summed E-state index contributed by atoms with van der Waals surface area (Å²) in [5.41, 5.74) is 0.145. The fraction of sp³-hybridized carbons (Fsp3) is 0.758. The Labute approximate surface area is 248 Å². The van der Waals surface area contributed by atoms with Crippen LogP contribution in [0, 0.1) is 40.4 Å². The third-order valence-electron chi connectivity index (χ3n) is 8.39. The molecule has 226 valence electrons. The van der Waals surface area contributed by atoms with Gasteiger partial charge in [0.15, 0.2) is 23.9 Å². The average Bonchev–Trinajstić information content (AvgIpc) is 3.45. The molecule has 2 saturated carbocycles. The van der Waals surface area contributed by atoms with Crippen LogP contribution in [0.15, 0.2) is 23.8 Å². The Hall–Kier alpha value is -1.47. The van der Waals surface area contributed by atoms with E-state index in [1.54, 1.807) is 0 Å². The van der Waals surface area contributed by atoms with E-state index in [4.69, 9.17) is 13.6 Å². The second-order valence-corrected chi connectivity index (χ2v) is 19.0. The fourth-order valence-corrected chi connectivity index (χ4v) is 8.91. The van der Waals surface area contributed by atoms with Crippen molar-refractivity contribution in [2.75, 3.05) is 7.11 Å². The molecular formula is C33H56O5Si2. The molecule has 0 spiro atoms. The summed E-state index contributed by atoms with van der Waals surface area (Å²) in [6.07, 6.45) is 12.5. The van der Waals surface area contributed by atoms with Gasteiger partial charge in [-0.25, -0.2) is 0 Å². The number of ether oxygens (including phenoxy) is 1. The number of carbonyl (C=O) groups excluding carboxylic acids is 2. The maximum atomic E-state index is 14.0. The number of allylic oxidation sites excluding steroid dienone is 2. The van der Waals surface area contributed by atoms with E-state index in [1.165, 1.54) is 32.8 Å². The van der Waals surface area contributed by atoms with Crippen LogP contribution in [-0.2, 0) is 23.2 Å². The number of hydrogen-bond acceptors (Lipinski definition) is 5. The molecule has 0 aromatic rings. The van der Waals surface area contributed by atoms with Crippen molar-refractivity contribution in [1.29, 1.82) is 0 Å². The summed E-state index contributed by atoms with van der Waals surface area (Å²) in [7, 11) is -1.45. The van der Waals surface area contributed by atoms with Crippen LogP contribution < -0.4 is 0 Å². The third-order valence-corrected chi connectivity index (χ3v) is 10.1. The molecule has 4 atom stereocenters. The number of hydrogen-bond donors (Lipinski definition) is 0. The highest BCUT2D eigenvalue weighted by atomic mass is 28.3. The van der Waals surface area contributed by atoms with Crippen LogP contribution in [0.1, 0.15) is 86.5 Å². The standard InChI is InChI=1S/C33H56O5Si2/c1-31(2,3)28-25(22-23-33(32(4,5)6,38-40(10)11)24-18-16-17-19-24)26(29(35)30(28)37-39(8)9)20-14-12-13-15-21-27(34)36-7/h20,22-25,28,30,39-40H,13,15-19,21H2,1-11H3. The summed E-state index contributed by atoms with van der Waals surface area (Å²) in [6, 6.07) is 0. The predicted octanol–water partition coefficient (Wildman–Crippen LogP) is 7.02. The summed E-state index contributed by atoms with van der Waals surface area (Å²) in [5, 5.41) is 0. The molecule has 0 aromatic carbocycles. The lowest BCUT2D eigenvalue weighted by atomic mass is 9.66. The van der Waals surface area contributed by atoms with E-state index in [1.807, 2.05) is 6.08 Å². The van der Waals surface area contributed by atoms with Gasteiger partial charge in [-0.05, 0) is 68.3 Å². The van der Waals surface area contributed by atoms with Gasteiger partial charge in [-0.2, -0.15) is 0 Å². The van der Waals surface area contributed by atoms with Gasteiger partial charge in [0.05, 0.1) is 12.7 Å². The first-order valence-corrected chi connectivity index (χ1v) is 20.9. The SMILES string of the molecule is COC(=O)CCCC#CC=C1C(=O)C(O[SiH](C)C)C(C(C)(C)C)C1C=CC(O[SiH](C)C)(C1CCCC1)C(C)(C)C. The Bertz CT molecular complexity index is 983. The van der Waals surface area contributed by atoms with Gasteiger partial charge in [0.25, 0.3) is 0 Å². The average molecular weight is 589 g/mol. The zero-order chi connectivity index (χ0) is 30.3. The molecule has 2 rings (SSSR count). The molecule has 40 heavy (non-hydrogen) atoms. The number of methoxy groups -OCH3 is 1. The van der Waals surface area contributed by atoms with Crippen molar-refractivity contribution in [3.63, 3.8) is 0 Å². The second kappa shape index (κ2) is 14.6. The maximum Gasteiger partial charge on any atom is 0.305 e. The largest absolute Gasteiger partial charge is 0.469 e. The Kier molecular flexibility index (Phi) is 12.7. The molecule has 5 nitrogen and oxygen atoms in total. The van der Waals surface area contributed by atoms with Crippen molar-refractivity contribution < 1.29 is 23.2 Å². The molecule has 0 aliphatic heterocycles. The van der Waals surface area contributed by atoms with E-state index in [0.717, 1.165) is 5.57 Å². The number of Topliss-reactive ketones (excluding diaryl/α,β-unsaturated/α-hetero) is 1. The summed E-state index contributed by atoms with van der Waals surface area (Å²) in [6.45, 7) is 22.4. The van der Waals surface area contributed by atoms with Crippen molar-refractivity contribution in [3.05, 3.63) is 23.8 Å². The van der Waals surface area contributed by atoms with Crippen LogP contribution in [0.5, 0.6) is 0 Å². The lowest BCUT2D eigenvalue weighted by Crippen LogP contribution is -2.51. The zero-order valence-corrected chi connectivity index (χ0v) is 29.5. The van der Waals surface area contributed by atoms with E-state index in [9.17, 15) is 9.59 Å². The molecule has 2 aliphatic rings. The van der Waals surface area contributed by atoms with Crippen molar-refractivity contribution in [1.82, 2.24) is 0 Å². The first kappa shape index (κ1) is 34.7. The van der Waals surface area contributed by atoms with Gasteiger partial charge in [-0.3, -0.25) is 9.59 Å². The normalized spacial score (nSPS) is 25.2. The molecule has 0 saturated heterocycles. The molecule has 2 aliphatic carbocycles. The molecule has 0 radical (unpaired) electrons. The minimum absolute atomic E-state index is 0.0102. The molecular weight excluding hydrogens is 533 g/mol. The fourth-order valence-electron chi connectivity index (χ4n) is 6.62. The number of rotatable bonds is 10. The van der Waals surface area contributed by atoms with Crippen molar-refractivity contribution in [2.24, 2.45) is 28.6 Å². The Morgan fingerprint density at radius 1 is 1.02 bits per heavy atom. The predicted molar refractivity (Wildman–Crippen MR) is 170 cm³/mol. The summed E-state index contributed by atoms with van der Waals surface area (Å²) in [4.78, 5) is 25.4. The van der Waals surface area contributed by atoms with Crippen LogP contribution in [0.2, 0.25) is 26.2 Å². The summed E-state index contributed by atoms with van der Waals surface area (Å²) in [5.74, 6) is 6.53. The number of unbranched alkanes of at least 4 members (excludes halogenated alkanes) is 1. The van der Waals surface area contributed by atoms with Crippen molar-refractivity contribution in [3.8, 4) is 11.8 Å². The van der Waals surface area contributed by atoms with Crippen LogP contribution in [0.25, 0.3) is 0 Å². The topological polar surface area (TPSA) is 61.8 Å². The first-order valence-electron chi connectivity index (χ1n) is 15.4. The Morgan fingerprint density at radius 2 is 1.65 bits per heavy atom. The molecule has 0 heterocycles. The summed E-state index contributed by atoms with van der Waals surface area (Å²) < 4.78 is 18.2. The van der Waals surface area contributed by atoms with Crippen LogP contribution in [-0.4, -0.2) is 48.6 Å². The van der Waals surface area contributed by atoms with Gasteiger partial charge < -0.3 is 13.6 Å².